The highest BCUT2D eigenvalue weighted by Gasteiger charge is 2.12. The van der Waals surface area contributed by atoms with E-state index >= 15 is 0 Å². The molecule has 2 rings (SSSR count). The fourth-order valence-electron chi connectivity index (χ4n) is 2.25. The van der Waals surface area contributed by atoms with Crippen molar-refractivity contribution in [3.63, 3.8) is 0 Å². The molecule has 0 atom stereocenters. The number of aromatic carboxylic acids is 1. The predicted molar refractivity (Wildman–Crippen MR) is 94.5 cm³/mol. The number of nitrogens with one attached hydrogen (secondary N) is 1. The topological polar surface area (TPSA) is 77.0 Å². The van der Waals surface area contributed by atoms with Crippen molar-refractivity contribution in [2.45, 2.75) is 6.54 Å². The quantitative estimate of drug-likeness (QED) is 0.742. The summed E-state index contributed by atoms with van der Waals surface area (Å²) in [5.74, 6) is 0.802. The van der Waals surface area contributed by atoms with Crippen LogP contribution in [0, 0.1) is 0 Å². The van der Waals surface area contributed by atoms with Gasteiger partial charge in [-0.1, -0.05) is 0 Å². The number of methoxy groups -OCH3 is 3. The van der Waals surface area contributed by atoms with Gasteiger partial charge >= 0.3 is 5.97 Å². The zero-order chi connectivity index (χ0) is 17.7. The molecule has 0 heterocycles. The molecule has 0 amide bonds. The second kappa shape index (κ2) is 7.92. The first-order valence-electron chi connectivity index (χ1n) is 7.05. The average Bonchev–Trinajstić information content (AvgIpc) is 2.58. The first-order valence-corrected chi connectivity index (χ1v) is 7.85. The van der Waals surface area contributed by atoms with E-state index in [1.165, 1.54) is 19.2 Å². The molecule has 0 aromatic heterocycles. The minimum Gasteiger partial charge on any atom is -0.495 e. The number of carboxylic acids is 1. The molecule has 24 heavy (non-hydrogen) atoms. The molecule has 0 aliphatic rings. The van der Waals surface area contributed by atoms with Gasteiger partial charge in [0.25, 0.3) is 0 Å². The van der Waals surface area contributed by atoms with Crippen LogP contribution in [0.5, 0.6) is 17.2 Å². The Labute approximate surface area is 148 Å². The Balaban J connectivity index is 2.26. The van der Waals surface area contributed by atoms with E-state index in [-0.39, 0.29) is 5.56 Å². The van der Waals surface area contributed by atoms with Gasteiger partial charge in [-0.2, -0.15) is 0 Å². The molecule has 0 saturated heterocycles. The van der Waals surface area contributed by atoms with Gasteiger partial charge in [0.05, 0.1) is 37.1 Å². The second-order valence-electron chi connectivity index (χ2n) is 4.89. The highest BCUT2D eigenvalue weighted by molar-refractivity contribution is 9.10. The van der Waals surface area contributed by atoms with E-state index in [1.807, 2.05) is 12.1 Å². The van der Waals surface area contributed by atoms with E-state index in [1.54, 1.807) is 20.3 Å². The Hall–Kier alpha value is -2.41. The van der Waals surface area contributed by atoms with E-state index < -0.39 is 5.97 Å². The van der Waals surface area contributed by atoms with E-state index in [2.05, 4.69) is 21.2 Å². The summed E-state index contributed by atoms with van der Waals surface area (Å²) in [4.78, 5) is 11.1. The largest absolute Gasteiger partial charge is 0.495 e. The van der Waals surface area contributed by atoms with Gasteiger partial charge < -0.3 is 24.6 Å². The highest BCUT2D eigenvalue weighted by Crippen LogP contribution is 2.36. The SMILES string of the molecule is COc1ccc(C(=O)O)cc1NCc1cc(Br)c(OC)c(OC)c1. The van der Waals surface area contributed by atoms with Crippen LogP contribution >= 0.6 is 15.9 Å². The molecule has 2 N–H and O–H groups in total. The molecule has 0 spiro atoms. The molecule has 2 aromatic rings. The van der Waals surface area contributed by atoms with Crippen molar-refractivity contribution in [3.05, 3.63) is 45.9 Å². The van der Waals surface area contributed by atoms with Crippen LogP contribution in [0.4, 0.5) is 5.69 Å². The van der Waals surface area contributed by atoms with Gasteiger partial charge in [-0.15, -0.1) is 0 Å². The first kappa shape index (κ1) is 17.9. The van der Waals surface area contributed by atoms with Gasteiger partial charge in [0.1, 0.15) is 5.75 Å². The summed E-state index contributed by atoms with van der Waals surface area (Å²) in [6, 6.07) is 8.42. The molecule has 0 saturated carbocycles. The lowest BCUT2D eigenvalue weighted by atomic mass is 10.1. The maximum Gasteiger partial charge on any atom is 0.335 e. The Morgan fingerprint density at radius 2 is 1.79 bits per heavy atom. The standard InChI is InChI=1S/C17H18BrNO5/c1-22-14-5-4-11(17(20)21)8-13(14)19-9-10-6-12(18)16(24-3)15(7-10)23-2/h4-8,19H,9H2,1-3H3,(H,20,21). The second-order valence-corrected chi connectivity index (χ2v) is 5.74. The van der Waals surface area contributed by atoms with Gasteiger partial charge in [-0.05, 0) is 51.8 Å². The summed E-state index contributed by atoms with van der Waals surface area (Å²) in [7, 11) is 4.68. The van der Waals surface area contributed by atoms with Crippen molar-refractivity contribution in [3.8, 4) is 17.2 Å². The van der Waals surface area contributed by atoms with Crippen molar-refractivity contribution in [1.29, 1.82) is 0 Å². The van der Waals surface area contributed by atoms with Crippen molar-refractivity contribution in [2.24, 2.45) is 0 Å². The monoisotopic (exact) mass is 395 g/mol. The van der Waals surface area contributed by atoms with Crippen LogP contribution in [-0.4, -0.2) is 32.4 Å². The van der Waals surface area contributed by atoms with E-state index in [0.717, 1.165) is 10.0 Å². The fourth-order valence-corrected chi connectivity index (χ4v) is 2.90. The van der Waals surface area contributed by atoms with Gasteiger partial charge in [0.2, 0.25) is 0 Å². The molecule has 0 aliphatic heterocycles. The third-order valence-corrected chi connectivity index (χ3v) is 4.01. The average molecular weight is 396 g/mol. The summed E-state index contributed by atoms with van der Waals surface area (Å²) in [5, 5.41) is 12.3. The number of anilines is 1. The van der Waals surface area contributed by atoms with Crippen molar-refractivity contribution >= 4 is 27.6 Å². The number of carboxylic acid groups (broad SMARTS) is 1. The summed E-state index contributed by atoms with van der Waals surface area (Å²) in [6.45, 7) is 0.457. The van der Waals surface area contributed by atoms with E-state index in [9.17, 15) is 4.79 Å². The predicted octanol–water partition coefficient (Wildman–Crippen LogP) is 3.79. The molecule has 7 heteroatoms. The summed E-state index contributed by atoms with van der Waals surface area (Å²) in [6.07, 6.45) is 0. The van der Waals surface area contributed by atoms with Gasteiger partial charge in [0, 0.05) is 6.54 Å². The van der Waals surface area contributed by atoms with E-state index in [4.69, 9.17) is 19.3 Å². The lowest BCUT2D eigenvalue weighted by Gasteiger charge is -2.14. The molecular weight excluding hydrogens is 378 g/mol. The minimum absolute atomic E-state index is 0.187. The van der Waals surface area contributed by atoms with Crippen LogP contribution in [0.25, 0.3) is 0 Å². The summed E-state index contributed by atoms with van der Waals surface area (Å²) in [5.41, 5.74) is 1.72. The lowest BCUT2D eigenvalue weighted by molar-refractivity contribution is 0.0697. The van der Waals surface area contributed by atoms with Crippen LogP contribution in [0.3, 0.4) is 0 Å². The molecule has 0 unspecified atom stereocenters. The van der Waals surface area contributed by atoms with Gasteiger partial charge in [-0.3, -0.25) is 0 Å². The third kappa shape index (κ3) is 3.91. The molecule has 0 aliphatic carbocycles. The number of ether oxygens (including phenoxy) is 3. The fraction of sp³-hybridized carbons (Fsp3) is 0.235. The molecule has 128 valence electrons. The molecule has 6 nitrogen and oxygen atoms in total. The molecule has 0 radical (unpaired) electrons. The Morgan fingerprint density at radius 1 is 1.08 bits per heavy atom. The summed E-state index contributed by atoms with van der Waals surface area (Å²) < 4.78 is 16.6. The molecule has 0 fully saturated rings. The molecule has 0 bridgehead atoms. The third-order valence-electron chi connectivity index (χ3n) is 3.42. The number of rotatable bonds is 7. The van der Waals surface area contributed by atoms with Gasteiger partial charge in [0.15, 0.2) is 11.5 Å². The molecule has 2 aromatic carbocycles. The lowest BCUT2D eigenvalue weighted by Crippen LogP contribution is -2.05. The van der Waals surface area contributed by atoms with E-state index in [0.29, 0.717) is 29.5 Å². The summed E-state index contributed by atoms with van der Waals surface area (Å²) >= 11 is 3.45. The van der Waals surface area contributed by atoms with Crippen LogP contribution in [0.2, 0.25) is 0 Å². The van der Waals surface area contributed by atoms with Gasteiger partial charge in [-0.25, -0.2) is 4.79 Å². The first-order chi connectivity index (χ1) is 11.5. The molecular formula is C17H18BrNO5. The number of hydrogen-bond donors (Lipinski definition) is 2. The highest BCUT2D eigenvalue weighted by atomic mass is 79.9. The Kier molecular flexibility index (Phi) is 5.92. The van der Waals surface area contributed by atoms with Crippen molar-refractivity contribution in [1.82, 2.24) is 0 Å². The Bertz CT molecular complexity index is 748. The minimum atomic E-state index is -0.991. The Morgan fingerprint density at radius 3 is 2.38 bits per heavy atom. The zero-order valence-corrected chi connectivity index (χ0v) is 15.1. The maximum atomic E-state index is 11.1. The van der Waals surface area contributed by atoms with Crippen LogP contribution < -0.4 is 19.5 Å². The maximum absolute atomic E-state index is 11.1. The normalized spacial score (nSPS) is 10.2. The zero-order valence-electron chi connectivity index (χ0n) is 13.6. The van der Waals surface area contributed by atoms with Crippen LogP contribution in [0.1, 0.15) is 15.9 Å². The van der Waals surface area contributed by atoms with Crippen LogP contribution in [0.15, 0.2) is 34.8 Å². The van der Waals surface area contributed by atoms with Crippen molar-refractivity contribution < 1.29 is 24.1 Å². The number of benzene rings is 2. The van der Waals surface area contributed by atoms with Crippen LogP contribution in [-0.2, 0) is 6.54 Å². The number of halogens is 1. The smallest absolute Gasteiger partial charge is 0.335 e. The number of hydrogen-bond acceptors (Lipinski definition) is 5. The van der Waals surface area contributed by atoms with Crippen molar-refractivity contribution in [2.75, 3.05) is 26.6 Å². The number of carbonyl (C=O) groups is 1.